The number of benzene rings is 2. The average molecular weight is 328 g/mol. The maximum absolute atomic E-state index is 12.5. The van der Waals surface area contributed by atoms with Crippen molar-refractivity contribution in [2.45, 2.75) is 13.5 Å². The second kappa shape index (κ2) is 6.22. The molecule has 0 spiro atoms. The molecule has 0 radical (unpaired) electrons. The van der Waals surface area contributed by atoms with Crippen LogP contribution in [0.3, 0.4) is 0 Å². The zero-order chi connectivity index (χ0) is 16.4. The second-order valence-electron chi connectivity index (χ2n) is 5.10. The molecule has 6 heteroatoms. The summed E-state index contributed by atoms with van der Waals surface area (Å²) in [4.78, 5) is 29.1. The molecule has 0 unspecified atom stereocenters. The molecule has 0 bridgehead atoms. The van der Waals surface area contributed by atoms with E-state index in [4.69, 9.17) is 11.6 Å². The second-order valence-corrected chi connectivity index (χ2v) is 5.50. The molecule has 0 aliphatic heterocycles. The van der Waals surface area contributed by atoms with Gasteiger partial charge in [0.25, 0.3) is 5.56 Å². The van der Waals surface area contributed by atoms with Gasteiger partial charge >= 0.3 is 0 Å². The van der Waals surface area contributed by atoms with Gasteiger partial charge in [-0.15, -0.1) is 0 Å². The molecular weight excluding hydrogens is 314 g/mol. The van der Waals surface area contributed by atoms with Crippen LogP contribution in [0.1, 0.15) is 5.82 Å². The van der Waals surface area contributed by atoms with Crippen LogP contribution >= 0.6 is 11.6 Å². The molecular formula is C17H14ClN3O2. The number of hydrogen-bond donors (Lipinski definition) is 1. The minimum absolute atomic E-state index is 0.117. The molecule has 0 fully saturated rings. The van der Waals surface area contributed by atoms with Gasteiger partial charge < -0.3 is 5.32 Å². The van der Waals surface area contributed by atoms with Crippen LogP contribution in [0.2, 0.25) is 5.02 Å². The summed E-state index contributed by atoms with van der Waals surface area (Å²) >= 11 is 6.02. The summed E-state index contributed by atoms with van der Waals surface area (Å²) < 4.78 is 1.36. The van der Waals surface area contributed by atoms with E-state index < -0.39 is 0 Å². The van der Waals surface area contributed by atoms with Crippen LogP contribution in [0, 0.1) is 6.92 Å². The van der Waals surface area contributed by atoms with E-state index in [0.29, 0.717) is 27.4 Å². The molecule has 116 valence electrons. The molecule has 3 aromatic rings. The minimum atomic E-state index is -0.333. The highest BCUT2D eigenvalue weighted by atomic mass is 35.5. The first kappa shape index (κ1) is 15.2. The molecule has 0 aliphatic rings. The maximum Gasteiger partial charge on any atom is 0.261 e. The van der Waals surface area contributed by atoms with Gasteiger partial charge in [-0.3, -0.25) is 14.2 Å². The number of amides is 1. The molecule has 1 heterocycles. The lowest BCUT2D eigenvalue weighted by Crippen LogP contribution is -2.30. The Labute approximate surface area is 137 Å². The zero-order valence-corrected chi connectivity index (χ0v) is 13.2. The maximum atomic E-state index is 12.5. The number of carbonyl (C=O) groups excluding carboxylic acids is 1. The number of nitrogens with one attached hydrogen (secondary N) is 1. The molecule has 23 heavy (non-hydrogen) atoms. The lowest BCUT2D eigenvalue weighted by Gasteiger charge is -2.11. The fourth-order valence-corrected chi connectivity index (χ4v) is 2.54. The standard InChI is InChI=1S/C17H14ClN3O2/c1-11-19-14-8-4-2-6-12(14)17(23)21(11)10-16(22)20-15-9-5-3-7-13(15)18/h2-9H,10H2,1H3,(H,20,22). The van der Waals surface area contributed by atoms with Crippen molar-refractivity contribution in [2.24, 2.45) is 0 Å². The first-order valence-corrected chi connectivity index (χ1v) is 7.44. The molecule has 1 aromatic heterocycles. The molecule has 0 aliphatic carbocycles. The number of fused-ring (bicyclic) bond motifs is 1. The highest BCUT2D eigenvalue weighted by Crippen LogP contribution is 2.20. The fraction of sp³-hybridized carbons (Fsp3) is 0.118. The predicted molar refractivity (Wildman–Crippen MR) is 90.8 cm³/mol. The normalized spacial score (nSPS) is 10.7. The lowest BCUT2D eigenvalue weighted by molar-refractivity contribution is -0.116. The Balaban J connectivity index is 1.91. The van der Waals surface area contributed by atoms with Crippen LogP contribution in [-0.4, -0.2) is 15.5 Å². The van der Waals surface area contributed by atoms with E-state index in [1.807, 2.05) is 6.07 Å². The number of aryl methyl sites for hydroxylation is 1. The molecule has 1 amide bonds. The van der Waals surface area contributed by atoms with E-state index in [2.05, 4.69) is 10.3 Å². The highest BCUT2D eigenvalue weighted by molar-refractivity contribution is 6.33. The number of anilines is 1. The van der Waals surface area contributed by atoms with E-state index >= 15 is 0 Å². The summed E-state index contributed by atoms with van der Waals surface area (Å²) in [5, 5.41) is 3.64. The Morgan fingerprint density at radius 1 is 1.17 bits per heavy atom. The van der Waals surface area contributed by atoms with Crippen LogP contribution in [-0.2, 0) is 11.3 Å². The number of rotatable bonds is 3. The van der Waals surface area contributed by atoms with Gasteiger partial charge in [-0.1, -0.05) is 35.9 Å². The third-order valence-electron chi connectivity index (χ3n) is 3.50. The Bertz CT molecular complexity index is 950. The van der Waals surface area contributed by atoms with Gasteiger partial charge in [0.2, 0.25) is 5.91 Å². The van der Waals surface area contributed by atoms with E-state index in [1.165, 1.54) is 4.57 Å². The first-order chi connectivity index (χ1) is 11.1. The minimum Gasteiger partial charge on any atom is -0.323 e. The Morgan fingerprint density at radius 2 is 1.87 bits per heavy atom. The molecule has 3 rings (SSSR count). The van der Waals surface area contributed by atoms with Crippen molar-refractivity contribution in [3.05, 3.63) is 69.7 Å². The van der Waals surface area contributed by atoms with Crippen molar-refractivity contribution < 1.29 is 4.79 Å². The Hall–Kier alpha value is -2.66. The molecule has 0 atom stereocenters. The molecule has 1 N–H and O–H groups in total. The van der Waals surface area contributed by atoms with E-state index in [1.54, 1.807) is 49.4 Å². The van der Waals surface area contributed by atoms with Crippen LogP contribution in [0.5, 0.6) is 0 Å². The van der Waals surface area contributed by atoms with Crippen LogP contribution in [0.4, 0.5) is 5.69 Å². The number of hydrogen-bond acceptors (Lipinski definition) is 3. The van der Waals surface area contributed by atoms with Crippen molar-refractivity contribution in [3.63, 3.8) is 0 Å². The van der Waals surface area contributed by atoms with Gasteiger partial charge in [-0.2, -0.15) is 0 Å². The van der Waals surface area contributed by atoms with Crippen molar-refractivity contribution >= 4 is 34.1 Å². The van der Waals surface area contributed by atoms with Gasteiger partial charge in [0, 0.05) is 0 Å². The van der Waals surface area contributed by atoms with Crippen LogP contribution in [0.25, 0.3) is 10.9 Å². The fourth-order valence-electron chi connectivity index (χ4n) is 2.36. The third kappa shape index (κ3) is 3.10. The van der Waals surface area contributed by atoms with Crippen molar-refractivity contribution in [1.82, 2.24) is 9.55 Å². The van der Waals surface area contributed by atoms with Crippen molar-refractivity contribution in [2.75, 3.05) is 5.32 Å². The van der Waals surface area contributed by atoms with Crippen molar-refractivity contribution in [1.29, 1.82) is 0 Å². The topological polar surface area (TPSA) is 64.0 Å². The zero-order valence-electron chi connectivity index (χ0n) is 12.4. The molecule has 0 saturated carbocycles. The van der Waals surface area contributed by atoms with Gasteiger partial charge in [0.1, 0.15) is 12.4 Å². The van der Waals surface area contributed by atoms with Crippen LogP contribution < -0.4 is 10.9 Å². The largest absolute Gasteiger partial charge is 0.323 e. The Kier molecular flexibility index (Phi) is 4.12. The smallest absolute Gasteiger partial charge is 0.261 e. The molecule has 5 nitrogen and oxygen atoms in total. The van der Waals surface area contributed by atoms with Crippen LogP contribution in [0.15, 0.2) is 53.3 Å². The van der Waals surface area contributed by atoms with E-state index in [-0.39, 0.29) is 18.0 Å². The quantitative estimate of drug-likeness (QED) is 0.804. The number of carbonyl (C=O) groups is 1. The van der Waals surface area contributed by atoms with Gasteiger partial charge in [-0.05, 0) is 31.2 Å². The number of aromatic nitrogens is 2. The third-order valence-corrected chi connectivity index (χ3v) is 3.83. The monoisotopic (exact) mass is 327 g/mol. The number of nitrogens with zero attached hydrogens (tertiary/aromatic N) is 2. The summed E-state index contributed by atoms with van der Waals surface area (Å²) in [6, 6.07) is 14.0. The van der Waals surface area contributed by atoms with Gasteiger partial charge in [0.05, 0.1) is 21.6 Å². The van der Waals surface area contributed by atoms with Gasteiger partial charge in [-0.25, -0.2) is 4.98 Å². The van der Waals surface area contributed by atoms with E-state index in [9.17, 15) is 9.59 Å². The summed E-state index contributed by atoms with van der Waals surface area (Å²) in [6.45, 7) is 1.59. The highest BCUT2D eigenvalue weighted by Gasteiger charge is 2.12. The van der Waals surface area contributed by atoms with E-state index in [0.717, 1.165) is 0 Å². The average Bonchev–Trinajstić information content (AvgIpc) is 2.54. The summed E-state index contributed by atoms with van der Waals surface area (Å²) in [6.07, 6.45) is 0. The summed E-state index contributed by atoms with van der Waals surface area (Å²) in [5.41, 5.74) is 0.902. The Morgan fingerprint density at radius 3 is 2.65 bits per heavy atom. The summed E-state index contributed by atoms with van der Waals surface area (Å²) in [7, 11) is 0. The SMILES string of the molecule is Cc1nc2ccccc2c(=O)n1CC(=O)Nc1ccccc1Cl. The number of para-hydroxylation sites is 2. The predicted octanol–water partition coefficient (Wildman–Crippen LogP) is 3.00. The molecule has 2 aromatic carbocycles. The van der Waals surface area contributed by atoms with Gasteiger partial charge in [0.15, 0.2) is 0 Å². The van der Waals surface area contributed by atoms with Crippen molar-refractivity contribution in [3.8, 4) is 0 Å². The number of halogens is 1. The summed E-state index contributed by atoms with van der Waals surface area (Å²) in [5.74, 6) is 0.156. The lowest BCUT2D eigenvalue weighted by atomic mass is 10.2. The first-order valence-electron chi connectivity index (χ1n) is 7.07. The molecule has 0 saturated heterocycles.